The van der Waals surface area contributed by atoms with Crippen molar-refractivity contribution in [1.29, 1.82) is 0 Å². The number of hydrogen-bond acceptors (Lipinski definition) is 10. The first-order valence-electron chi connectivity index (χ1n) is 18.7. The minimum absolute atomic E-state index is 0.130. The Labute approximate surface area is 363 Å². The average Bonchev–Trinajstić information content (AvgIpc) is 3.82. The lowest BCUT2D eigenvalue weighted by atomic mass is 9.92. The van der Waals surface area contributed by atoms with E-state index < -0.39 is 51.6 Å². The number of anilines is 2. The van der Waals surface area contributed by atoms with Gasteiger partial charge in [0.05, 0.1) is 33.5 Å². The van der Waals surface area contributed by atoms with E-state index in [1.165, 1.54) is 36.3 Å². The van der Waals surface area contributed by atoms with E-state index in [1.807, 2.05) is 66.7 Å². The molecule has 310 valence electrons. The molecular formula is C43H40Cl2N6O7S2. The second-order valence-electron chi connectivity index (χ2n) is 14.9. The van der Waals surface area contributed by atoms with Gasteiger partial charge in [-0.2, -0.15) is 11.3 Å². The Kier molecular flexibility index (Phi) is 12.0. The van der Waals surface area contributed by atoms with Crippen molar-refractivity contribution in [2.45, 2.75) is 61.5 Å². The number of methoxy groups -OCH3 is 1. The van der Waals surface area contributed by atoms with Crippen LogP contribution in [0.25, 0.3) is 28.1 Å². The Morgan fingerprint density at radius 2 is 1.62 bits per heavy atom. The van der Waals surface area contributed by atoms with Crippen LogP contribution in [0.4, 0.5) is 11.4 Å². The molecule has 17 heteroatoms. The molecule has 0 bridgehead atoms. The van der Waals surface area contributed by atoms with Crippen molar-refractivity contribution in [2.75, 3.05) is 12.4 Å². The van der Waals surface area contributed by atoms with Crippen LogP contribution in [-0.4, -0.2) is 83.5 Å². The summed E-state index contributed by atoms with van der Waals surface area (Å²) < 4.78 is 6.71. The average molecular weight is 888 g/mol. The number of aromatic nitrogens is 2. The number of carboxylic acids is 2. The number of halogens is 2. The molecule has 2 fully saturated rings. The largest absolute Gasteiger partial charge is 0.480 e. The van der Waals surface area contributed by atoms with Gasteiger partial charge in [-0.05, 0) is 123 Å². The summed E-state index contributed by atoms with van der Waals surface area (Å²) in [6.45, 7) is 7.52. The summed E-state index contributed by atoms with van der Waals surface area (Å²) in [6.07, 6.45) is 0. The summed E-state index contributed by atoms with van der Waals surface area (Å²) >= 11 is 14.7. The van der Waals surface area contributed by atoms with Crippen molar-refractivity contribution in [3.63, 3.8) is 0 Å². The van der Waals surface area contributed by atoms with E-state index in [2.05, 4.69) is 47.2 Å². The van der Waals surface area contributed by atoms with Crippen LogP contribution in [0.5, 0.6) is 0 Å². The zero-order valence-electron chi connectivity index (χ0n) is 32.9. The molecule has 3 aliphatic heterocycles. The number of para-hydroxylation sites is 2. The number of thiophene rings is 1. The van der Waals surface area contributed by atoms with Crippen LogP contribution in [0.2, 0.25) is 10.0 Å². The van der Waals surface area contributed by atoms with Gasteiger partial charge in [0, 0.05) is 39.3 Å². The van der Waals surface area contributed by atoms with Gasteiger partial charge in [0.2, 0.25) is 5.91 Å². The molecule has 2 saturated heterocycles. The maximum atomic E-state index is 12.8. The van der Waals surface area contributed by atoms with E-state index in [4.69, 9.17) is 37.9 Å². The molecule has 13 nitrogen and oxygen atoms in total. The number of nitrogens with one attached hydrogen (secondary N) is 2. The summed E-state index contributed by atoms with van der Waals surface area (Å²) in [4.78, 5) is 59.7. The predicted molar refractivity (Wildman–Crippen MR) is 234 cm³/mol. The predicted octanol–water partition coefficient (Wildman–Crippen LogP) is 8.01. The second-order valence-corrected chi connectivity index (χ2v) is 18.3. The highest BCUT2D eigenvalue weighted by Crippen LogP contribution is 2.55. The van der Waals surface area contributed by atoms with Gasteiger partial charge in [-0.3, -0.25) is 19.4 Å². The highest BCUT2D eigenvalue weighted by molar-refractivity contribution is 8.01. The number of thioether (sulfide) groups is 1. The first-order valence-corrected chi connectivity index (χ1v) is 21.3. The Morgan fingerprint density at radius 3 is 2.22 bits per heavy atom. The van der Waals surface area contributed by atoms with Gasteiger partial charge in [0.15, 0.2) is 5.92 Å². The fraction of sp³-hybridized carbons (Fsp3) is 0.256. The van der Waals surface area contributed by atoms with Gasteiger partial charge in [-0.1, -0.05) is 35.3 Å². The molecule has 60 heavy (non-hydrogen) atoms. The van der Waals surface area contributed by atoms with E-state index in [-0.39, 0.29) is 6.04 Å². The van der Waals surface area contributed by atoms with Crippen molar-refractivity contribution in [1.82, 2.24) is 19.8 Å². The molecular weight excluding hydrogens is 848 g/mol. The summed E-state index contributed by atoms with van der Waals surface area (Å²) in [7, 11) is 1.22. The highest BCUT2D eigenvalue weighted by atomic mass is 35.5. The molecule has 1 unspecified atom stereocenters. The zero-order chi connectivity index (χ0) is 43.1. The minimum Gasteiger partial charge on any atom is -0.480 e. The summed E-state index contributed by atoms with van der Waals surface area (Å²) in [5.41, 5.74) is 5.09. The third-order valence-corrected chi connectivity index (χ3v) is 12.9. The number of nitrogens with zero attached hydrogens (tertiary/aromatic N) is 4. The number of β-lactam (4-membered cyclic amide) rings is 1. The molecule has 8 rings (SSSR count). The quantitative estimate of drug-likeness (QED) is 0.0457. The molecule has 4 aromatic rings. The number of hydrogen-bond donors (Lipinski definition) is 4. The van der Waals surface area contributed by atoms with Crippen molar-refractivity contribution >= 4 is 92.5 Å². The zero-order valence-corrected chi connectivity index (χ0v) is 36.1. The third-order valence-electron chi connectivity index (χ3n) is 10.1. The van der Waals surface area contributed by atoms with Crippen LogP contribution in [0.15, 0.2) is 107 Å². The number of carbonyl (C=O) groups is 4. The van der Waals surface area contributed by atoms with Crippen molar-refractivity contribution in [3.05, 3.63) is 123 Å². The van der Waals surface area contributed by atoms with Crippen molar-refractivity contribution in [3.8, 4) is 17.1 Å². The molecule has 1 aromatic heterocycles. The number of carboxylic acid groups (broad SMARTS) is 2. The summed E-state index contributed by atoms with van der Waals surface area (Å²) in [5, 5.41) is 29.5. The van der Waals surface area contributed by atoms with Gasteiger partial charge in [-0.25, -0.2) is 9.78 Å². The molecule has 2 amide bonds. The number of fused-ring (bicyclic) bond motifs is 3. The van der Waals surface area contributed by atoms with E-state index in [0.717, 1.165) is 49.7 Å². The lowest BCUT2D eigenvalue weighted by molar-refractivity contribution is -0.201. The Bertz CT molecular complexity index is 2640. The lowest BCUT2D eigenvalue weighted by Crippen LogP contribution is -2.80. The van der Waals surface area contributed by atoms with Crippen LogP contribution in [-0.2, 0) is 23.9 Å². The van der Waals surface area contributed by atoms with Crippen LogP contribution in [0, 0.1) is 0 Å². The number of carbonyl (C=O) groups excluding carboxylic acids is 2. The van der Waals surface area contributed by atoms with Gasteiger partial charge in [0.25, 0.3) is 11.6 Å². The SMILES string of the molecule is CC(C)N=c1cc2n(-c3ccc(Cl)cc3)c3ccccc3nc-2cc1Nc1ccc(Cl)cc1.CO[C@@]1(NC(=O)C(C(=O)O)c2ccsc2)C(=O)N2[C@@H](C(=O)O)C(C)(C)S[C@@H]21. The Morgan fingerprint density at radius 1 is 0.950 bits per heavy atom. The van der Waals surface area contributed by atoms with Crippen molar-refractivity contribution in [2.24, 2.45) is 4.99 Å². The fourth-order valence-electron chi connectivity index (χ4n) is 7.37. The van der Waals surface area contributed by atoms with E-state index in [0.29, 0.717) is 15.6 Å². The molecule has 4 N–H and O–H groups in total. The van der Waals surface area contributed by atoms with Gasteiger partial charge >= 0.3 is 11.9 Å². The normalized spacial score (nSPS) is 20.0. The Balaban J connectivity index is 0.000000186. The molecule has 0 saturated carbocycles. The van der Waals surface area contributed by atoms with Gasteiger partial charge in [0.1, 0.15) is 11.4 Å². The number of rotatable bonds is 10. The van der Waals surface area contributed by atoms with Crippen LogP contribution >= 0.6 is 46.3 Å². The fourth-order valence-corrected chi connectivity index (χ4v) is 9.98. The maximum Gasteiger partial charge on any atom is 0.327 e. The lowest BCUT2D eigenvalue weighted by Gasteiger charge is -2.51. The first-order chi connectivity index (χ1) is 28.5. The van der Waals surface area contributed by atoms with E-state index in [1.54, 1.807) is 24.6 Å². The summed E-state index contributed by atoms with van der Waals surface area (Å²) in [5.74, 6) is -5.61. The smallest absolute Gasteiger partial charge is 0.327 e. The van der Waals surface area contributed by atoms with E-state index >= 15 is 0 Å². The molecule has 1 aliphatic carbocycles. The van der Waals surface area contributed by atoms with Crippen LogP contribution < -0.4 is 16.0 Å². The second kappa shape index (κ2) is 16.9. The maximum absolute atomic E-state index is 12.8. The molecule has 0 spiro atoms. The number of amides is 2. The summed E-state index contributed by atoms with van der Waals surface area (Å²) in [6, 6.07) is 28.4. The van der Waals surface area contributed by atoms with Gasteiger partial charge < -0.3 is 35.1 Å². The number of aliphatic carboxylic acids is 2. The molecule has 4 heterocycles. The van der Waals surface area contributed by atoms with E-state index in [9.17, 15) is 29.4 Å². The highest BCUT2D eigenvalue weighted by Gasteiger charge is 2.73. The molecule has 0 radical (unpaired) electrons. The topological polar surface area (TPSA) is 175 Å². The molecule has 4 aliphatic rings. The monoisotopic (exact) mass is 886 g/mol. The molecule has 4 atom stereocenters. The molecule has 3 aromatic carbocycles. The Hall–Kier alpha value is -5.45. The van der Waals surface area contributed by atoms with Gasteiger partial charge in [-0.15, -0.1) is 11.8 Å². The van der Waals surface area contributed by atoms with Crippen LogP contribution in [0.3, 0.4) is 0 Å². The van der Waals surface area contributed by atoms with Crippen molar-refractivity contribution < 1.29 is 34.1 Å². The minimum atomic E-state index is -1.80. The van der Waals surface area contributed by atoms with Crippen LogP contribution in [0.1, 0.15) is 39.2 Å². The number of ether oxygens (including phenoxy) is 1. The number of benzene rings is 4. The first kappa shape index (κ1) is 42.7. The standard InChI is InChI=1S/C27H22Cl2N4.C16H18N2O7S2/c1-17(2)30-24-16-27-25(15-23(24)31-20-11-7-18(28)8-12-20)32-22-5-3-4-6-26(22)33(27)21-13-9-19(29)10-14-21;1-15(2)9(12(22)23)18-13(24)16(25-3,14(18)27-15)17-10(19)8(11(20)21)7-4-5-26-6-7/h3-17,31H,1-2H3;4-6,8-9,14H,1-3H3,(H,17,19)(H,20,21)(H,22,23)/t;8?,9-,14+,16-/m.0/s1. The third kappa shape index (κ3) is 8.07.